The number of hydrogen-bond donors (Lipinski definition) is 2. The first-order chi connectivity index (χ1) is 10.1. The van der Waals surface area contributed by atoms with E-state index in [9.17, 15) is 4.79 Å². The minimum absolute atomic E-state index is 0. The quantitative estimate of drug-likeness (QED) is 0.824. The van der Waals surface area contributed by atoms with Crippen LogP contribution in [0.5, 0.6) is 0 Å². The number of hydrogen-bond acceptors (Lipinski definition) is 2. The van der Waals surface area contributed by atoms with Gasteiger partial charge in [-0.25, -0.2) is 0 Å². The number of halogens is 2. The molecule has 4 atom stereocenters. The van der Waals surface area contributed by atoms with Gasteiger partial charge in [-0.2, -0.15) is 0 Å². The van der Waals surface area contributed by atoms with Crippen molar-refractivity contribution in [2.45, 2.75) is 57.2 Å². The van der Waals surface area contributed by atoms with Gasteiger partial charge < -0.3 is 10.6 Å². The van der Waals surface area contributed by atoms with Crippen molar-refractivity contribution in [3.63, 3.8) is 0 Å². The number of nitrogens with one attached hydrogen (secondary N) is 2. The average Bonchev–Trinajstić information content (AvgIpc) is 2.91. The highest BCUT2D eigenvalue weighted by atomic mass is 79.9. The molecule has 2 aliphatic rings. The van der Waals surface area contributed by atoms with Crippen molar-refractivity contribution in [2.24, 2.45) is 5.92 Å². The molecule has 1 amide bonds. The maximum absolute atomic E-state index is 12.5. The third-order valence-electron chi connectivity index (χ3n) is 4.89. The largest absolute Gasteiger partial charge is 0.348 e. The summed E-state index contributed by atoms with van der Waals surface area (Å²) in [6, 6.07) is 8.72. The molecule has 1 aliphatic carbocycles. The Morgan fingerprint density at radius 2 is 2.14 bits per heavy atom. The molecule has 122 valence electrons. The Hall–Kier alpha value is -0.580. The number of benzene rings is 1. The summed E-state index contributed by atoms with van der Waals surface area (Å²) in [6.07, 6.45) is 6.14. The molecule has 22 heavy (non-hydrogen) atoms. The van der Waals surface area contributed by atoms with Gasteiger partial charge in [0.1, 0.15) is 0 Å². The van der Waals surface area contributed by atoms with Gasteiger partial charge in [0.15, 0.2) is 0 Å². The molecule has 4 unspecified atom stereocenters. The minimum Gasteiger partial charge on any atom is -0.348 e. The van der Waals surface area contributed by atoms with Gasteiger partial charge in [-0.1, -0.05) is 40.9 Å². The van der Waals surface area contributed by atoms with Gasteiger partial charge in [-0.3, -0.25) is 4.79 Å². The standard InChI is InChI=1S/C17H23BrN2O.ClH/c1-11(12-6-4-7-14(18)9-12)19-17(21)16-10-13-5-2-3-8-15(13)20-16;/h4,6-7,9,11,13,15-16,20H,2-3,5,8,10H2,1H3,(H,19,21);1H. The van der Waals surface area contributed by atoms with Crippen molar-refractivity contribution in [1.29, 1.82) is 0 Å². The van der Waals surface area contributed by atoms with Crippen molar-refractivity contribution in [1.82, 2.24) is 10.6 Å². The first-order valence-corrected chi connectivity index (χ1v) is 8.74. The van der Waals surface area contributed by atoms with E-state index in [1.54, 1.807) is 0 Å². The molecule has 1 aliphatic heterocycles. The maximum atomic E-state index is 12.5. The molecule has 5 heteroatoms. The lowest BCUT2D eigenvalue weighted by Crippen LogP contribution is -2.43. The Kier molecular flexibility index (Phi) is 6.30. The normalized spacial score (nSPS) is 28.4. The molecule has 1 aromatic carbocycles. The molecule has 0 bridgehead atoms. The second kappa shape index (κ2) is 7.80. The van der Waals surface area contributed by atoms with Crippen molar-refractivity contribution in [3.05, 3.63) is 34.3 Å². The smallest absolute Gasteiger partial charge is 0.237 e. The molecule has 0 aromatic heterocycles. The molecular weight excluding hydrogens is 364 g/mol. The van der Waals surface area contributed by atoms with Crippen LogP contribution in [0.15, 0.2) is 28.7 Å². The summed E-state index contributed by atoms with van der Waals surface area (Å²) >= 11 is 3.48. The highest BCUT2D eigenvalue weighted by molar-refractivity contribution is 9.10. The summed E-state index contributed by atoms with van der Waals surface area (Å²) in [4.78, 5) is 12.5. The lowest BCUT2D eigenvalue weighted by Gasteiger charge is -2.24. The number of amides is 1. The van der Waals surface area contributed by atoms with Crippen LogP contribution in [0.3, 0.4) is 0 Å². The predicted molar refractivity (Wildman–Crippen MR) is 95.2 cm³/mol. The first-order valence-electron chi connectivity index (χ1n) is 7.95. The van der Waals surface area contributed by atoms with Gasteiger partial charge in [0.05, 0.1) is 12.1 Å². The van der Waals surface area contributed by atoms with Crippen molar-refractivity contribution in [2.75, 3.05) is 0 Å². The second-order valence-corrected chi connectivity index (χ2v) is 7.31. The number of carbonyl (C=O) groups is 1. The number of rotatable bonds is 3. The van der Waals surface area contributed by atoms with Crippen LogP contribution in [0.1, 0.15) is 50.6 Å². The van der Waals surface area contributed by atoms with Gasteiger partial charge in [0.25, 0.3) is 0 Å². The lowest BCUT2D eigenvalue weighted by atomic mass is 9.85. The van der Waals surface area contributed by atoms with Gasteiger partial charge in [-0.15, -0.1) is 12.4 Å². The third-order valence-corrected chi connectivity index (χ3v) is 5.38. The van der Waals surface area contributed by atoms with E-state index in [0.717, 1.165) is 16.5 Å². The zero-order valence-electron chi connectivity index (χ0n) is 12.8. The Morgan fingerprint density at radius 3 is 2.86 bits per heavy atom. The van der Waals surface area contributed by atoms with E-state index in [1.807, 2.05) is 19.1 Å². The first kappa shape index (κ1) is 17.8. The summed E-state index contributed by atoms with van der Waals surface area (Å²) in [5.41, 5.74) is 1.13. The molecule has 1 saturated heterocycles. The van der Waals surface area contributed by atoms with E-state index >= 15 is 0 Å². The van der Waals surface area contributed by atoms with Crippen LogP contribution in [-0.4, -0.2) is 18.0 Å². The fourth-order valence-corrected chi connectivity index (χ4v) is 4.11. The summed E-state index contributed by atoms with van der Waals surface area (Å²) in [6.45, 7) is 2.04. The van der Waals surface area contributed by atoms with Crippen LogP contribution in [0.2, 0.25) is 0 Å². The minimum atomic E-state index is -0.00676. The average molecular weight is 388 g/mol. The summed E-state index contributed by atoms with van der Waals surface area (Å²) in [5, 5.41) is 6.69. The predicted octanol–water partition coefficient (Wildman–Crippen LogP) is 3.97. The molecule has 2 N–H and O–H groups in total. The fourth-order valence-electron chi connectivity index (χ4n) is 3.69. The van der Waals surface area contributed by atoms with E-state index in [-0.39, 0.29) is 30.4 Å². The van der Waals surface area contributed by atoms with E-state index in [2.05, 4.69) is 38.7 Å². The van der Waals surface area contributed by atoms with Crippen molar-refractivity contribution in [3.8, 4) is 0 Å². The fraction of sp³-hybridized carbons (Fsp3) is 0.588. The number of fused-ring (bicyclic) bond motifs is 1. The Bertz CT molecular complexity index is 511. The molecule has 3 rings (SSSR count). The van der Waals surface area contributed by atoms with Crippen LogP contribution < -0.4 is 10.6 Å². The molecule has 2 fully saturated rings. The Labute approximate surface area is 147 Å². The lowest BCUT2D eigenvalue weighted by molar-refractivity contribution is -0.123. The monoisotopic (exact) mass is 386 g/mol. The topological polar surface area (TPSA) is 41.1 Å². The van der Waals surface area contributed by atoms with Crippen LogP contribution >= 0.6 is 28.3 Å². The second-order valence-electron chi connectivity index (χ2n) is 6.39. The Balaban J connectivity index is 0.00000176. The van der Waals surface area contributed by atoms with Crippen LogP contribution in [0, 0.1) is 5.92 Å². The molecule has 0 radical (unpaired) electrons. The molecule has 0 spiro atoms. The van der Waals surface area contributed by atoms with E-state index in [1.165, 1.54) is 25.7 Å². The van der Waals surface area contributed by atoms with Crippen molar-refractivity contribution < 1.29 is 4.79 Å². The third kappa shape index (κ3) is 4.03. The molecule has 1 aromatic rings. The Morgan fingerprint density at radius 1 is 1.36 bits per heavy atom. The molecule has 1 saturated carbocycles. The van der Waals surface area contributed by atoms with Gasteiger partial charge >= 0.3 is 0 Å². The summed E-state index contributed by atoms with van der Waals surface area (Å²) in [5.74, 6) is 0.854. The van der Waals surface area contributed by atoms with Gasteiger partial charge in [-0.05, 0) is 49.8 Å². The van der Waals surface area contributed by atoms with Gasteiger partial charge in [0, 0.05) is 10.5 Å². The summed E-state index contributed by atoms with van der Waals surface area (Å²) in [7, 11) is 0. The summed E-state index contributed by atoms with van der Waals surface area (Å²) < 4.78 is 1.05. The molecule has 3 nitrogen and oxygen atoms in total. The maximum Gasteiger partial charge on any atom is 0.237 e. The number of carbonyl (C=O) groups excluding carboxylic acids is 1. The highest BCUT2D eigenvalue weighted by Gasteiger charge is 2.38. The van der Waals surface area contributed by atoms with E-state index in [0.29, 0.717) is 12.0 Å². The zero-order valence-corrected chi connectivity index (χ0v) is 15.3. The van der Waals surface area contributed by atoms with Crippen molar-refractivity contribution >= 4 is 34.2 Å². The highest BCUT2D eigenvalue weighted by Crippen LogP contribution is 2.33. The zero-order chi connectivity index (χ0) is 14.8. The van der Waals surface area contributed by atoms with E-state index < -0.39 is 0 Å². The van der Waals surface area contributed by atoms with Crippen LogP contribution in [0.25, 0.3) is 0 Å². The van der Waals surface area contributed by atoms with Gasteiger partial charge in [0.2, 0.25) is 5.91 Å². The molecular formula is C17H24BrClN2O. The van der Waals surface area contributed by atoms with E-state index in [4.69, 9.17) is 0 Å². The van der Waals surface area contributed by atoms with Crippen LogP contribution in [-0.2, 0) is 4.79 Å². The molecule has 1 heterocycles. The van der Waals surface area contributed by atoms with Crippen LogP contribution in [0.4, 0.5) is 0 Å². The SMILES string of the molecule is CC(NC(=O)C1CC2CCCCC2N1)c1cccc(Br)c1.Cl.